The fourth-order valence-electron chi connectivity index (χ4n) is 2.36. The van der Waals surface area contributed by atoms with Gasteiger partial charge in [0.05, 0.1) is 5.69 Å². The number of aliphatic hydroxyl groups excluding tert-OH is 1. The molecule has 4 nitrogen and oxygen atoms in total. The van der Waals surface area contributed by atoms with E-state index in [1.165, 1.54) is 11.3 Å². The summed E-state index contributed by atoms with van der Waals surface area (Å²) in [7, 11) is 1.97. The van der Waals surface area contributed by atoms with Crippen LogP contribution in [0.3, 0.4) is 0 Å². The summed E-state index contributed by atoms with van der Waals surface area (Å²) in [6.45, 7) is 10.9. The Kier molecular flexibility index (Phi) is 6.01. The second-order valence-electron chi connectivity index (χ2n) is 6.46. The maximum absolute atomic E-state index is 8.90. The highest BCUT2D eigenvalue weighted by Gasteiger charge is 2.17. The molecule has 0 radical (unpaired) electrons. The van der Waals surface area contributed by atoms with Crippen molar-refractivity contribution >= 4 is 0 Å². The summed E-state index contributed by atoms with van der Waals surface area (Å²) >= 11 is 0. The van der Waals surface area contributed by atoms with E-state index in [0.717, 1.165) is 25.9 Å². The Morgan fingerprint density at radius 3 is 2.68 bits per heavy atom. The molecule has 0 aliphatic rings. The maximum Gasteiger partial charge on any atom is 0.0694 e. The molecule has 19 heavy (non-hydrogen) atoms. The normalized spacial score (nSPS) is 12.4. The third-order valence-corrected chi connectivity index (χ3v) is 3.41. The molecule has 1 heterocycles. The molecule has 0 spiro atoms. The Bertz CT molecular complexity index is 383. The Balaban J connectivity index is 2.49. The smallest absolute Gasteiger partial charge is 0.0694 e. The first-order valence-electron chi connectivity index (χ1n) is 7.20. The third kappa shape index (κ3) is 5.33. The van der Waals surface area contributed by atoms with Crippen LogP contribution in [0.2, 0.25) is 0 Å². The maximum atomic E-state index is 8.90. The summed E-state index contributed by atoms with van der Waals surface area (Å²) in [5.41, 5.74) is 2.70. The molecule has 1 aromatic rings. The lowest BCUT2D eigenvalue weighted by Crippen LogP contribution is -2.29. The highest BCUT2D eigenvalue weighted by Crippen LogP contribution is 2.22. The van der Waals surface area contributed by atoms with E-state index in [1.54, 1.807) is 0 Å². The first kappa shape index (κ1) is 16.2. The van der Waals surface area contributed by atoms with Crippen LogP contribution in [0, 0.1) is 5.41 Å². The van der Waals surface area contributed by atoms with Crippen molar-refractivity contribution in [3.8, 4) is 0 Å². The summed E-state index contributed by atoms with van der Waals surface area (Å²) in [6, 6.07) is 0. The molecule has 0 aliphatic carbocycles. The minimum absolute atomic E-state index is 0.225. The van der Waals surface area contributed by atoms with Crippen LogP contribution in [0.5, 0.6) is 0 Å². The van der Waals surface area contributed by atoms with E-state index in [4.69, 9.17) is 5.11 Å². The van der Waals surface area contributed by atoms with Gasteiger partial charge in [-0.05, 0) is 24.2 Å². The van der Waals surface area contributed by atoms with Crippen LogP contribution >= 0.6 is 0 Å². The predicted molar refractivity (Wildman–Crippen MR) is 79.1 cm³/mol. The van der Waals surface area contributed by atoms with E-state index in [-0.39, 0.29) is 12.0 Å². The molecule has 0 atom stereocenters. The third-order valence-electron chi connectivity index (χ3n) is 3.41. The molecule has 1 rings (SSSR count). The molecular formula is C15H29N3O. The Morgan fingerprint density at radius 1 is 1.42 bits per heavy atom. The number of rotatable bonds is 8. The first-order chi connectivity index (χ1) is 8.85. The number of aromatic nitrogens is 2. The quantitative estimate of drug-likeness (QED) is 0.760. The van der Waals surface area contributed by atoms with Crippen molar-refractivity contribution in [2.75, 3.05) is 13.2 Å². The Morgan fingerprint density at radius 2 is 2.11 bits per heavy atom. The van der Waals surface area contributed by atoms with Gasteiger partial charge in [-0.2, -0.15) is 5.10 Å². The highest BCUT2D eigenvalue weighted by molar-refractivity contribution is 5.19. The van der Waals surface area contributed by atoms with Crippen molar-refractivity contribution < 1.29 is 5.11 Å². The zero-order valence-electron chi connectivity index (χ0n) is 13.0. The SMILES string of the molecule is CC(C)c1nn(C)cc1CNCC(C)(C)CCCO. The zero-order chi connectivity index (χ0) is 14.5. The van der Waals surface area contributed by atoms with Crippen molar-refractivity contribution in [3.05, 3.63) is 17.5 Å². The fourth-order valence-corrected chi connectivity index (χ4v) is 2.36. The monoisotopic (exact) mass is 267 g/mol. The summed E-state index contributed by atoms with van der Waals surface area (Å²) in [4.78, 5) is 0. The molecule has 0 fully saturated rings. The van der Waals surface area contributed by atoms with Gasteiger partial charge in [0, 0.05) is 38.5 Å². The van der Waals surface area contributed by atoms with Gasteiger partial charge >= 0.3 is 0 Å². The van der Waals surface area contributed by atoms with Gasteiger partial charge in [0.2, 0.25) is 0 Å². The summed E-state index contributed by atoms with van der Waals surface area (Å²) in [5, 5.41) is 16.9. The van der Waals surface area contributed by atoms with Crippen molar-refractivity contribution in [2.24, 2.45) is 12.5 Å². The second-order valence-corrected chi connectivity index (χ2v) is 6.46. The van der Waals surface area contributed by atoms with E-state index in [2.05, 4.69) is 44.3 Å². The average molecular weight is 267 g/mol. The number of nitrogens with zero attached hydrogens (tertiary/aromatic N) is 2. The lowest BCUT2D eigenvalue weighted by atomic mass is 9.88. The van der Waals surface area contributed by atoms with E-state index < -0.39 is 0 Å². The minimum Gasteiger partial charge on any atom is -0.396 e. The zero-order valence-corrected chi connectivity index (χ0v) is 13.0. The van der Waals surface area contributed by atoms with Gasteiger partial charge in [0.1, 0.15) is 0 Å². The standard InChI is InChI=1S/C15H29N3O/c1-12(2)14-13(10-18(5)17-14)9-16-11-15(3,4)7-6-8-19/h10,12,16,19H,6-9,11H2,1-5H3. The topological polar surface area (TPSA) is 50.1 Å². The fraction of sp³-hybridized carbons (Fsp3) is 0.800. The van der Waals surface area contributed by atoms with Crippen LogP contribution in [-0.4, -0.2) is 28.0 Å². The largest absolute Gasteiger partial charge is 0.396 e. The Hall–Kier alpha value is -0.870. The van der Waals surface area contributed by atoms with Crippen LogP contribution < -0.4 is 5.32 Å². The predicted octanol–water partition coefficient (Wildman–Crippen LogP) is 2.43. The first-order valence-corrected chi connectivity index (χ1v) is 7.20. The Labute approximate surface area is 117 Å². The number of nitrogens with one attached hydrogen (secondary N) is 1. The van der Waals surface area contributed by atoms with Gasteiger partial charge in [-0.15, -0.1) is 0 Å². The minimum atomic E-state index is 0.225. The van der Waals surface area contributed by atoms with Crippen LogP contribution in [-0.2, 0) is 13.6 Å². The summed E-state index contributed by atoms with van der Waals surface area (Å²) in [6.07, 6.45) is 4.02. The van der Waals surface area contributed by atoms with Crippen LogP contribution in [0.1, 0.15) is 57.7 Å². The van der Waals surface area contributed by atoms with Crippen LogP contribution in [0.25, 0.3) is 0 Å². The molecule has 0 saturated heterocycles. The van der Waals surface area contributed by atoms with Gasteiger partial charge in [0.25, 0.3) is 0 Å². The lowest BCUT2D eigenvalue weighted by molar-refractivity contribution is 0.236. The lowest BCUT2D eigenvalue weighted by Gasteiger charge is -2.24. The number of hydrogen-bond donors (Lipinski definition) is 2. The molecule has 2 N–H and O–H groups in total. The molecule has 4 heteroatoms. The van der Waals surface area contributed by atoms with Crippen molar-refractivity contribution in [2.45, 2.75) is 53.0 Å². The number of hydrogen-bond acceptors (Lipinski definition) is 3. The van der Waals surface area contributed by atoms with E-state index in [1.807, 2.05) is 11.7 Å². The van der Waals surface area contributed by atoms with E-state index in [9.17, 15) is 0 Å². The van der Waals surface area contributed by atoms with Crippen molar-refractivity contribution in [1.82, 2.24) is 15.1 Å². The van der Waals surface area contributed by atoms with Crippen molar-refractivity contribution in [3.63, 3.8) is 0 Å². The summed E-state index contributed by atoms with van der Waals surface area (Å²) < 4.78 is 1.89. The van der Waals surface area contributed by atoms with E-state index >= 15 is 0 Å². The van der Waals surface area contributed by atoms with Crippen molar-refractivity contribution in [1.29, 1.82) is 0 Å². The van der Waals surface area contributed by atoms with Gasteiger partial charge in [-0.3, -0.25) is 4.68 Å². The van der Waals surface area contributed by atoms with Gasteiger partial charge in [-0.1, -0.05) is 27.7 Å². The molecule has 110 valence electrons. The second kappa shape index (κ2) is 7.06. The van der Waals surface area contributed by atoms with Gasteiger partial charge in [-0.25, -0.2) is 0 Å². The van der Waals surface area contributed by atoms with Crippen LogP contribution in [0.4, 0.5) is 0 Å². The molecule has 0 bridgehead atoms. The van der Waals surface area contributed by atoms with Gasteiger partial charge < -0.3 is 10.4 Å². The molecule has 0 aliphatic heterocycles. The molecule has 0 saturated carbocycles. The van der Waals surface area contributed by atoms with Gasteiger partial charge in [0.15, 0.2) is 0 Å². The average Bonchev–Trinajstić information content (AvgIpc) is 2.68. The molecule has 0 unspecified atom stereocenters. The molecular weight excluding hydrogens is 238 g/mol. The number of aliphatic hydroxyl groups is 1. The summed E-state index contributed by atoms with van der Waals surface area (Å²) in [5.74, 6) is 0.459. The van der Waals surface area contributed by atoms with E-state index in [0.29, 0.717) is 5.92 Å². The van der Waals surface area contributed by atoms with Crippen LogP contribution in [0.15, 0.2) is 6.20 Å². The highest BCUT2D eigenvalue weighted by atomic mass is 16.2. The molecule has 1 aromatic heterocycles. The molecule has 0 aromatic carbocycles. The number of aryl methyl sites for hydroxylation is 1. The molecule has 0 amide bonds.